The molecule has 0 aromatic heterocycles. The van der Waals surface area contributed by atoms with Crippen LogP contribution in [-0.2, 0) is 13.0 Å². The second kappa shape index (κ2) is 7.17. The normalized spacial score (nSPS) is 12.3. The maximum atomic E-state index is 13.0. The monoisotopic (exact) mass is 273 g/mol. The fourth-order valence-electron chi connectivity index (χ4n) is 2.21. The van der Waals surface area contributed by atoms with Crippen molar-refractivity contribution in [3.8, 4) is 0 Å². The van der Waals surface area contributed by atoms with E-state index in [1.54, 1.807) is 6.07 Å². The molecule has 0 saturated heterocycles. The standard InChI is InChI=1S/C17H20FNO/c1-13-9-16(18)8-7-15(13)11-19-17(12-20)10-14-5-3-2-4-6-14/h2-9,17,19-20H,10-12H2,1H3/t17-/m0/s1. The Morgan fingerprint density at radius 2 is 1.90 bits per heavy atom. The number of aliphatic hydroxyl groups excluding tert-OH is 1. The molecule has 2 aromatic carbocycles. The van der Waals surface area contributed by atoms with E-state index in [2.05, 4.69) is 5.32 Å². The first-order chi connectivity index (χ1) is 9.69. The Hall–Kier alpha value is -1.71. The number of halogens is 1. The minimum Gasteiger partial charge on any atom is -0.395 e. The van der Waals surface area contributed by atoms with Crippen molar-refractivity contribution in [1.82, 2.24) is 5.32 Å². The van der Waals surface area contributed by atoms with Crippen molar-refractivity contribution in [3.05, 3.63) is 71.0 Å². The first-order valence-electron chi connectivity index (χ1n) is 6.82. The molecule has 0 aliphatic carbocycles. The summed E-state index contributed by atoms with van der Waals surface area (Å²) in [6.07, 6.45) is 0.775. The highest BCUT2D eigenvalue weighted by Crippen LogP contribution is 2.10. The molecule has 0 saturated carbocycles. The van der Waals surface area contributed by atoms with Crippen LogP contribution in [0, 0.1) is 12.7 Å². The van der Waals surface area contributed by atoms with Gasteiger partial charge in [0.2, 0.25) is 0 Å². The van der Waals surface area contributed by atoms with Crippen molar-refractivity contribution < 1.29 is 9.50 Å². The topological polar surface area (TPSA) is 32.3 Å². The van der Waals surface area contributed by atoms with Gasteiger partial charge in [0.15, 0.2) is 0 Å². The fourth-order valence-corrected chi connectivity index (χ4v) is 2.21. The van der Waals surface area contributed by atoms with E-state index in [1.165, 1.54) is 17.7 Å². The third-order valence-electron chi connectivity index (χ3n) is 3.43. The zero-order valence-electron chi connectivity index (χ0n) is 11.6. The van der Waals surface area contributed by atoms with Crippen molar-refractivity contribution in [2.24, 2.45) is 0 Å². The summed E-state index contributed by atoms with van der Waals surface area (Å²) >= 11 is 0. The second-order valence-electron chi connectivity index (χ2n) is 5.02. The maximum absolute atomic E-state index is 13.0. The van der Waals surface area contributed by atoms with Crippen LogP contribution in [-0.4, -0.2) is 17.8 Å². The zero-order valence-corrected chi connectivity index (χ0v) is 11.6. The van der Waals surface area contributed by atoms with E-state index in [-0.39, 0.29) is 18.5 Å². The number of benzene rings is 2. The molecule has 1 atom stereocenters. The van der Waals surface area contributed by atoms with Gasteiger partial charge in [-0.1, -0.05) is 36.4 Å². The smallest absolute Gasteiger partial charge is 0.123 e. The van der Waals surface area contributed by atoms with Gasteiger partial charge in [-0.15, -0.1) is 0 Å². The Labute approximate surface area is 119 Å². The highest BCUT2D eigenvalue weighted by atomic mass is 19.1. The molecule has 2 nitrogen and oxygen atoms in total. The van der Waals surface area contributed by atoms with Crippen molar-refractivity contribution in [2.75, 3.05) is 6.61 Å². The number of rotatable bonds is 6. The van der Waals surface area contributed by atoms with Gasteiger partial charge in [0.1, 0.15) is 5.82 Å². The lowest BCUT2D eigenvalue weighted by Crippen LogP contribution is -2.34. The van der Waals surface area contributed by atoms with Crippen LogP contribution in [0.15, 0.2) is 48.5 Å². The molecule has 0 spiro atoms. The Balaban J connectivity index is 1.93. The van der Waals surface area contributed by atoms with E-state index in [9.17, 15) is 9.50 Å². The number of hydrogen-bond donors (Lipinski definition) is 2. The molecule has 2 rings (SSSR count). The lowest BCUT2D eigenvalue weighted by molar-refractivity contribution is 0.240. The molecule has 0 radical (unpaired) electrons. The van der Waals surface area contributed by atoms with Gasteiger partial charge >= 0.3 is 0 Å². The Kier molecular flexibility index (Phi) is 5.27. The predicted octanol–water partition coefficient (Wildman–Crippen LogP) is 2.83. The van der Waals surface area contributed by atoms with E-state index in [0.717, 1.165) is 17.5 Å². The van der Waals surface area contributed by atoms with E-state index in [0.29, 0.717) is 6.54 Å². The van der Waals surface area contributed by atoms with Gasteiger partial charge in [-0.25, -0.2) is 4.39 Å². The van der Waals surface area contributed by atoms with Gasteiger partial charge in [0.05, 0.1) is 6.61 Å². The highest BCUT2D eigenvalue weighted by Gasteiger charge is 2.09. The molecule has 0 aliphatic heterocycles. The molecule has 0 aliphatic rings. The fraction of sp³-hybridized carbons (Fsp3) is 0.294. The largest absolute Gasteiger partial charge is 0.395 e. The van der Waals surface area contributed by atoms with Crippen LogP contribution in [0.25, 0.3) is 0 Å². The Morgan fingerprint density at radius 3 is 2.55 bits per heavy atom. The lowest BCUT2D eigenvalue weighted by atomic mass is 10.0. The first-order valence-corrected chi connectivity index (χ1v) is 6.82. The number of aliphatic hydroxyl groups is 1. The highest BCUT2D eigenvalue weighted by molar-refractivity contribution is 5.26. The summed E-state index contributed by atoms with van der Waals surface area (Å²) in [7, 11) is 0. The van der Waals surface area contributed by atoms with E-state index in [4.69, 9.17) is 0 Å². The SMILES string of the molecule is Cc1cc(F)ccc1CN[C@H](CO)Cc1ccccc1. The average molecular weight is 273 g/mol. The first kappa shape index (κ1) is 14.7. The Morgan fingerprint density at radius 1 is 1.15 bits per heavy atom. The van der Waals surface area contributed by atoms with Crippen molar-refractivity contribution in [2.45, 2.75) is 25.9 Å². The van der Waals surface area contributed by atoms with Crippen molar-refractivity contribution in [3.63, 3.8) is 0 Å². The maximum Gasteiger partial charge on any atom is 0.123 e. The minimum absolute atomic E-state index is 0.00172. The molecule has 20 heavy (non-hydrogen) atoms. The van der Waals surface area contributed by atoms with Gasteiger partial charge in [0, 0.05) is 12.6 Å². The molecule has 0 heterocycles. The lowest BCUT2D eigenvalue weighted by Gasteiger charge is -2.17. The van der Waals surface area contributed by atoms with Gasteiger partial charge in [-0.2, -0.15) is 0 Å². The van der Waals surface area contributed by atoms with E-state index >= 15 is 0 Å². The molecule has 0 bridgehead atoms. The summed E-state index contributed by atoms with van der Waals surface area (Å²) < 4.78 is 13.0. The zero-order chi connectivity index (χ0) is 14.4. The van der Waals surface area contributed by atoms with Crippen LogP contribution >= 0.6 is 0 Å². The summed E-state index contributed by atoms with van der Waals surface area (Å²) in [5, 5.41) is 12.8. The molecule has 0 amide bonds. The molecule has 0 unspecified atom stereocenters. The summed E-state index contributed by atoms with van der Waals surface area (Å²) in [6.45, 7) is 2.60. The van der Waals surface area contributed by atoms with Gasteiger partial charge in [-0.3, -0.25) is 0 Å². The van der Waals surface area contributed by atoms with Crippen molar-refractivity contribution in [1.29, 1.82) is 0 Å². The number of hydrogen-bond acceptors (Lipinski definition) is 2. The Bertz CT molecular complexity index is 542. The van der Waals surface area contributed by atoms with E-state index < -0.39 is 0 Å². The molecule has 2 aromatic rings. The number of aryl methyl sites for hydroxylation is 1. The summed E-state index contributed by atoms with van der Waals surface area (Å²) in [5.41, 5.74) is 3.17. The van der Waals surface area contributed by atoms with E-state index in [1.807, 2.05) is 37.3 Å². The molecule has 3 heteroatoms. The second-order valence-corrected chi connectivity index (χ2v) is 5.02. The van der Waals surface area contributed by atoms with Crippen LogP contribution in [0.4, 0.5) is 4.39 Å². The number of nitrogens with one attached hydrogen (secondary N) is 1. The summed E-state index contributed by atoms with van der Waals surface area (Å²) in [4.78, 5) is 0. The molecular formula is C17H20FNO. The van der Waals surface area contributed by atoms with Gasteiger partial charge < -0.3 is 10.4 Å². The quantitative estimate of drug-likeness (QED) is 0.848. The summed E-state index contributed by atoms with van der Waals surface area (Å²) in [6, 6.07) is 14.9. The van der Waals surface area contributed by atoms with Crippen LogP contribution in [0.3, 0.4) is 0 Å². The molecule has 2 N–H and O–H groups in total. The molecule has 106 valence electrons. The van der Waals surface area contributed by atoms with Crippen molar-refractivity contribution >= 4 is 0 Å². The molecular weight excluding hydrogens is 253 g/mol. The van der Waals surface area contributed by atoms with Gasteiger partial charge in [-0.05, 0) is 42.2 Å². The minimum atomic E-state index is -0.214. The van der Waals surface area contributed by atoms with Crippen LogP contribution < -0.4 is 5.32 Å². The summed E-state index contributed by atoms with van der Waals surface area (Å²) in [5.74, 6) is -0.214. The van der Waals surface area contributed by atoms with Crippen LogP contribution in [0.5, 0.6) is 0 Å². The molecule has 0 fully saturated rings. The third-order valence-corrected chi connectivity index (χ3v) is 3.43. The average Bonchev–Trinajstić information content (AvgIpc) is 2.46. The van der Waals surface area contributed by atoms with Gasteiger partial charge in [0.25, 0.3) is 0 Å². The predicted molar refractivity (Wildman–Crippen MR) is 79.0 cm³/mol. The third kappa shape index (κ3) is 4.15. The van der Waals surface area contributed by atoms with Crippen LogP contribution in [0.2, 0.25) is 0 Å². The van der Waals surface area contributed by atoms with Crippen LogP contribution in [0.1, 0.15) is 16.7 Å².